The summed E-state index contributed by atoms with van der Waals surface area (Å²) < 4.78 is 0. The molecule has 0 fully saturated rings. The number of hydrogen-bond donors (Lipinski definition) is 1. The van der Waals surface area contributed by atoms with Gasteiger partial charge in [0.25, 0.3) is 0 Å². The zero-order valence-corrected chi connectivity index (χ0v) is 10.7. The van der Waals surface area contributed by atoms with Gasteiger partial charge in [-0.15, -0.1) is 0 Å². The largest absolute Gasteiger partial charge is 0.322 e. The predicted molar refractivity (Wildman–Crippen MR) is 68.0 cm³/mol. The summed E-state index contributed by atoms with van der Waals surface area (Å²) in [6.07, 6.45) is 0. The van der Waals surface area contributed by atoms with Crippen molar-refractivity contribution in [2.24, 2.45) is 0 Å². The van der Waals surface area contributed by atoms with Crippen LogP contribution in [0, 0.1) is 18.3 Å². The Kier molecular flexibility index (Phi) is 4.36. The molecule has 0 bridgehead atoms. The molecule has 0 spiro atoms. The number of aryl methyl sites for hydroxylation is 1. The lowest BCUT2D eigenvalue weighted by atomic mass is 10.2. The van der Waals surface area contributed by atoms with E-state index in [1.807, 2.05) is 19.1 Å². The van der Waals surface area contributed by atoms with Gasteiger partial charge in [-0.05, 0) is 31.5 Å². The molecule has 0 aliphatic heterocycles. The highest BCUT2D eigenvalue weighted by atomic mass is 35.5. The van der Waals surface area contributed by atoms with Crippen molar-refractivity contribution in [1.82, 2.24) is 4.90 Å². The van der Waals surface area contributed by atoms with E-state index in [1.165, 1.54) is 4.90 Å². The average Bonchev–Trinajstić information content (AvgIpc) is 2.31. The molecule has 0 saturated heterocycles. The van der Waals surface area contributed by atoms with Crippen LogP contribution in [0.25, 0.3) is 0 Å². The Balaban J connectivity index is 2.75. The number of halogens is 1. The summed E-state index contributed by atoms with van der Waals surface area (Å²) >= 11 is 5.95. The number of rotatable bonds is 2. The second-order valence-electron chi connectivity index (χ2n) is 3.81. The van der Waals surface area contributed by atoms with Crippen molar-refractivity contribution in [2.45, 2.75) is 19.9 Å². The number of nitriles is 1. The van der Waals surface area contributed by atoms with Crippen LogP contribution in [0.1, 0.15) is 12.5 Å². The van der Waals surface area contributed by atoms with Gasteiger partial charge in [0.1, 0.15) is 6.04 Å². The van der Waals surface area contributed by atoms with E-state index in [1.54, 1.807) is 26.1 Å². The van der Waals surface area contributed by atoms with Crippen molar-refractivity contribution in [2.75, 3.05) is 12.4 Å². The van der Waals surface area contributed by atoms with Crippen LogP contribution in [-0.2, 0) is 0 Å². The molecule has 1 rings (SSSR count). The molecule has 0 aliphatic carbocycles. The van der Waals surface area contributed by atoms with E-state index < -0.39 is 6.04 Å². The molecule has 5 heteroatoms. The third-order valence-corrected chi connectivity index (χ3v) is 2.92. The van der Waals surface area contributed by atoms with Crippen LogP contribution >= 0.6 is 11.6 Å². The lowest BCUT2D eigenvalue weighted by Gasteiger charge is -2.20. The fraction of sp³-hybridized carbons (Fsp3) is 0.333. The van der Waals surface area contributed by atoms with E-state index in [0.29, 0.717) is 10.7 Å². The van der Waals surface area contributed by atoms with Crippen LogP contribution in [0.3, 0.4) is 0 Å². The molecule has 0 aromatic heterocycles. The maximum Gasteiger partial charge on any atom is 0.322 e. The smallest absolute Gasteiger partial charge is 0.312 e. The van der Waals surface area contributed by atoms with Gasteiger partial charge >= 0.3 is 6.03 Å². The van der Waals surface area contributed by atoms with Gasteiger partial charge in [0, 0.05) is 17.8 Å². The lowest BCUT2D eigenvalue weighted by molar-refractivity contribution is 0.217. The van der Waals surface area contributed by atoms with Crippen LogP contribution in [0.4, 0.5) is 10.5 Å². The van der Waals surface area contributed by atoms with Gasteiger partial charge in [-0.1, -0.05) is 17.7 Å². The SMILES string of the molecule is Cc1ccc(NC(=O)N(C)C(C)C#N)cc1Cl. The molecule has 1 aromatic rings. The van der Waals surface area contributed by atoms with Crippen molar-refractivity contribution < 1.29 is 4.79 Å². The van der Waals surface area contributed by atoms with Gasteiger partial charge in [0.15, 0.2) is 0 Å². The molecule has 0 saturated carbocycles. The van der Waals surface area contributed by atoms with Crippen molar-refractivity contribution in [1.29, 1.82) is 5.26 Å². The second kappa shape index (κ2) is 5.55. The second-order valence-corrected chi connectivity index (χ2v) is 4.22. The van der Waals surface area contributed by atoms with E-state index >= 15 is 0 Å². The summed E-state index contributed by atoms with van der Waals surface area (Å²) in [5.74, 6) is 0. The van der Waals surface area contributed by atoms with Crippen LogP contribution < -0.4 is 5.32 Å². The number of carbonyl (C=O) groups is 1. The quantitative estimate of drug-likeness (QED) is 0.878. The molecular formula is C12H14ClN3O. The van der Waals surface area contributed by atoms with Crippen LogP contribution in [0.5, 0.6) is 0 Å². The molecular weight excluding hydrogens is 238 g/mol. The predicted octanol–water partition coefficient (Wildman–Crippen LogP) is 3.02. The van der Waals surface area contributed by atoms with E-state index in [2.05, 4.69) is 5.32 Å². The van der Waals surface area contributed by atoms with Crippen LogP contribution in [0.2, 0.25) is 5.02 Å². The van der Waals surface area contributed by atoms with Gasteiger partial charge in [-0.25, -0.2) is 4.79 Å². The van der Waals surface area contributed by atoms with E-state index in [0.717, 1.165) is 5.56 Å². The zero-order valence-electron chi connectivity index (χ0n) is 9.99. The molecule has 1 unspecified atom stereocenters. The van der Waals surface area contributed by atoms with Crippen LogP contribution in [0.15, 0.2) is 18.2 Å². The van der Waals surface area contributed by atoms with E-state index in [-0.39, 0.29) is 6.03 Å². The minimum atomic E-state index is -0.476. The Morgan fingerprint density at radius 3 is 2.76 bits per heavy atom. The standard InChI is InChI=1S/C12H14ClN3O/c1-8-4-5-10(6-11(8)13)15-12(17)16(3)9(2)7-14/h4-6,9H,1-3H3,(H,15,17). The Labute approximate surface area is 106 Å². The first-order chi connectivity index (χ1) is 7.95. The van der Waals surface area contributed by atoms with Crippen molar-refractivity contribution in [3.8, 4) is 6.07 Å². The molecule has 90 valence electrons. The first-order valence-electron chi connectivity index (χ1n) is 5.15. The summed E-state index contributed by atoms with van der Waals surface area (Å²) in [4.78, 5) is 13.1. The number of carbonyl (C=O) groups excluding carboxylic acids is 1. The molecule has 0 radical (unpaired) electrons. The number of benzene rings is 1. The Morgan fingerprint density at radius 2 is 2.24 bits per heavy atom. The maximum absolute atomic E-state index is 11.7. The fourth-order valence-electron chi connectivity index (χ4n) is 1.14. The normalized spacial score (nSPS) is 11.5. The van der Waals surface area contributed by atoms with Crippen LogP contribution in [-0.4, -0.2) is 24.0 Å². The number of anilines is 1. The van der Waals surface area contributed by atoms with Crippen molar-refractivity contribution in [3.05, 3.63) is 28.8 Å². The average molecular weight is 252 g/mol. The molecule has 0 heterocycles. The summed E-state index contributed by atoms with van der Waals surface area (Å²) in [6, 6.07) is 6.45. The van der Waals surface area contributed by atoms with E-state index in [9.17, 15) is 4.79 Å². The minimum Gasteiger partial charge on any atom is -0.312 e. The topological polar surface area (TPSA) is 56.1 Å². The van der Waals surface area contributed by atoms with Crippen molar-refractivity contribution >= 4 is 23.3 Å². The van der Waals surface area contributed by atoms with Gasteiger partial charge in [0.2, 0.25) is 0 Å². The van der Waals surface area contributed by atoms with Gasteiger partial charge in [-0.3, -0.25) is 0 Å². The molecule has 1 aromatic carbocycles. The third kappa shape index (κ3) is 3.36. The Bertz CT molecular complexity index is 467. The van der Waals surface area contributed by atoms with E-state index in [4.69, 9.17) is 16.9 Å². The molecule has 4 nitrogen and oxygen atoms in total. The van der Waals surface area contributed by atoms with Crippen molar-refractivity contribution in [3.63, 3.8) is 0 Å². The Morgan fingerprint density at radius 1 is 1.59 bits per heavy atom. The number of urea groups is 1. The highest BCUT2D eigenvalue weighted by Gasteiger charge is 2.14. The first-order valence-corrected chi connectivity index (χ1v) is 5.53. The number of nitrogens with zero attached hydrogens (tertiary/aromatic N) is 2. The third-order valence-electron chi connectivity index (χ3n) is 2.51. The zero-order chi connectivity index (χ0) is 13.0. The molecule has 0 aliphatic rings. The highest BCUT2D eigenvalue weighted by molar-refractivity contribution is 6.31. The first kappa shape index (κ1) is 13.3. The van der Waals surface area contributed by atoms with Gasteiger partial charge in [-0.2, -0.15) is 5.26 Å². The van der Waals surface area contributed by atoms with Gasteiger partial charge in [0.05, 0.1) is 6.07 Å². The summed E-state index contributed by atoms with van der Waals surface area (Å²) in [7, 11) is 1.57. The minimum absolute atomic E-state index is 0.334. The maximum atomic E-state index is 11.7. The fourth-order valence-corrected chi connectivity index (χ4v) is 1.33. The Hall–Kier alpha value is -1.73. The molecule has 1 N–H and O–H groups in total. The lowest BCUT2D eigenvalue weighted by Crippen LogP contribution is -2.37. The number of hydrogen-bond acceptors (Lipinski definition) is 2. The summed E-state index contributed by atoms with van der Waals surface area (Å²) in [5, 5.41) is 12.0. The summed E-state index contributed by atoms with van der Waals surface area (Å²) in [6.45, 7) is 3.54. The number of amides is 2. The molecule has 17 heavy (non-hydrogen) atoms. The monoisotopic (exact) mass is 251 g/mol. The highest BCUT2D eigenvalue weighted by Crippen LogP contribution is 2.20. The molecule has 2 amide bonds. The van der Waals surface area contributed by atoms with Gasteiger partial charge < -0.3 is 10.2 Å². The molecule has 1 atom stereocenters. The number of nitrogens with one attached hydrogen (secondary N) is 1. The summed E-state index contributed by atoms with van der Waals surface area (Å²) in [5.41, 5.74) is 1.56.